The van der Waals surface area contributed by atoms with Crippen LogP contribution in [0.15, 0.2) is 22.3 Å². The zero-order valence-corrected chi connectivity index (χ0v) is 42.7. The second-order valence-electron chi connectivity index (χ2n) is 20.8. The maximum Gasteiger partial charge on any atom is 0.341 e. The summed E-state index contributed by atoms with van der Waals surface area (Å²) in [4.78, 5) is 95.9. The van der Waals surface area contributed by atoms with Crippen molar-refractivity contribution in [3.8, 4) is 0 Å². The summed E-state index contributed by atoms with van der Waals surface area (Å²) in [6, 6.07) is 0. The van der Waals surface area contributed by atoms with E-state index in [1.54, 1.807) is 48.5 Å². The highest BCUT2D eigenvalue weighted by molar-refractivity contribution is 6.00. The molecule has 0 aromatic heterocycles. The Labute approximate surface area is 403 Å². The molecule has 0 radical (unpaired) electrons. The van der Waals surface area contributed by atoms with Crippen molar-refractivity contribution in [2.75, 3.05) is 0 Å². The first-order valence-electron chi connectivity index (χ1n) is 23.9. The van der Waals surface area contributed by atoms with Crippen molar-refractivity contribution in [2.24, 2.45) is 35.5 Å². The molecule has 2 saturated carbocycles. The number of Topliss-reactive ketones (excluding diaryl/α,β-unsaturated/α-hetero) is 1. The molecule has 16 atom stereocenters. The van der Waals surface area contributed by atoms with Gasteiger partial charge in [-0.1, -0.05) is 54.0 Å². The fraction of sp³-hybridized carbons (Fsp3) is 0.760. The number of allylic oxidation sites excluding steroid dienone is 2. The quantitative estimate of drug-likeness (QED) is 0.0955. The van der Waals surface area contributed by atoms with Crippen LogP contribution in [0.3, 0.4) is 0 Å². The van der Waals surface area contributed by atoms with Crippen LogP contribution in [0.2, 0.25) is 0 Å². The molecule has 6 aliphatic rings. The maximum absolute atomic E-state index is 12.7. The average Bonchev–Trinajstić information content (AvgIpc) is 3.82. The fourth-order valence-corrected chi connectivity index (χ4v) is 10.4. The number of fused-ring (bicyclic) bond motifs is 6. The van der Waals surface area contributed by atoms with Crippen LogP contribution in [0, 0.1) is 35.5 Å². The van der Waals surface area contributed by atoms with Gasteiger partial charge in [0.2, 0.25) is 0 Å². The molecule has 19 nitrogen and oxygen atoms in total. The Morgan fingerprint density at radius 2 is 1.09 bits per heavy atom. The Bertz CT molecular complexity index is 2130. The van der Waals surface area contributed by atoms with Gasteiger partial charge in [0.05, 0.1) is 23.9 Å². The lowest BCUT2D eigenvalue weighted by Gasteiger charge is -2.41. The van der Waals surface area contributed by atoms with E-state index in [2.05, 4.69) is 4.74 Å². The average molecular weight is 979 g/mol. The van der Waals surface area contributed by atoms with Crippen molar-refractivity contribution < 1.29 is 92.3 Å². The Morgan fingerprint density at radius 1 is 0.667 bits per heavy atom. The molecule has 19 heteroatoms. The minimum absolute atomic E-state index is 0.0246. The maximum atomic E-state index is 12.7. The zero-order chi connectivity index (χ0) is 52.9. The second kappa shape index (κ2) is 20.3. The Kier molecular flexibility index (Phi) is 16.8. The summed E-state index contributed by atoms with van der Waals surface area (Å²) in [5, 5.41) is 55.5. The first-order valence-corrected chi connectivity index (χ1v) is 23.9. The van der Waals surface area contributed by atoms with Crippen molar-refractivity contribution in [3.05, 3.63) is 22.3 Å². The van der Waals surface area contributed by atoms with E-state index in [0.29, 0.717) is 31.3 Å². The lowest BCUT2D eigenvalue weighted by Crippen LogP contribution is -2.64. The molecule has 4 aliphatic carbocycles. The number of hydrogen-bond acceptors (Lipinski definition) is 19. The first-order chi connectivity index (χ1) is 31.6. The molecular weight excluding hydrogens is 905 g/mol. The van der Waals surface area contributed by atoms with E-state index in [0.717, 1.165) is 19.4 Å². The highest BCUT2D eigenvalue weighted by Gasteiger charge is 2.75. The molecule has 0 amide bonds. The van der Waals surface area contributed by atoms with Gasteiger partial charge in [0.15, 0.2) is 40.4 Å². The lowest BCUT2D eigenvalue weighted by molar-refractivity contribution is -0.212. The molecule has 0 spiro atoms. The van der Waals surface area contributed by atoms with Gasteiger partial charge < -0.3 is 54.0 Å². The summed E-state index contributed by atoms with van der Waals surface area (Å²) in [5.41, 5.74) is -9.59. The molecule has 0 aromatic carbocycles. The monoisotopic (exact) mass is 978 g/mol. The van der Waals surface area contributed by atoms with Crippen LogP contribution in [0.25, 0.3) is 0 Å². The highest BCUT2D eigenvalue weighted by atomic mass is 16.6. The van der Waals surface area contributed by atoms with Gasteiger partial charge in [-0.2, -0.15) is 0 Å². The predicted octanol–water partition coefficient (Wildman–Crippen LogP) is 3.58. The summed E-state index contributed by atoms with van der Waals surface area (Å²) >= 11 is 0. The molecule has 69 heavy (non-hydrogen) atoms. The zero-order valence-electron chi connectivity index (χ0n) is 42.7. The molecule has 388 valence electrons. The third kappa shape index (κ3) is 9.91. The minimum atomic E-state index is -2.43. The molecule has 0 aromatic rings. The van der Waals surface area contributed by atoms with Gasteiger partial charge in [0.25, 0.3) is 0 Å². The van der Waals surface area contributed by atoms with E-state index < -0.39 is 112 Å². The summed E-state index contributed by atoms with van der Waals surface area (Å²) in [5.74, 6) is -6.62. The summed E-state index contributed by atoms with van der Waals surface area (Å²) < 4.78 is 32.3. The normalized spacial score (nSPS) is 38.9. The smallest absolute Gasteiger partial charge is 0.341 e. The van der Waals surface area contributed by atoms with Crippen molar-refractivity contribution in [1.82, 2.24) is 0 Å². The predicted molar refractivity (Wildman–Crippen MR) is 242 cm³/mol. The van der Waals surface area contributed by atoms with Crippen LogP contribution in [0.4, 0.5) is 0 Å². The summed E-state index contributed by atoms with van der Waals surface area (Å²) in [6.45, 7) is 24.2. The topological polar surface area (TPSA) is 293 Å². The standard InChI is InChI=1S/C22H30O9.C18H26O7.C10H18O3/c1-7-10(2)18(25)29-15-9-20(5,31-12(4)23)13-8-14(24)11(3)16(13)17-22(15,28)21(6,27)19(26)30-17;1-8-6-11-13(9(8)2)14-18(23,17(5,22)15(21)24-14)12(20)7-16(11,4)25-10(3)19;1-5-7(3)9(11)13-10(12)8(4)6-2/h10,13,15,17,27-28H,7-9H2,1-6H3;8,11-12,14,20,22-23H,6-7H2,1-5H3;7-8H,5-6H2,1-4H3/t10-,13-,15-,17-,20-,21+,22+;8-,11+,12+,14+,16+,17-,18-;7-,8-/m010/s1. The summed E-state index contributed by atoms with van der Waals surface area (Å²) in [7, 11) is 0. The van der Waals surface area contributed by atoms with Crippen molar-refractivity contribution >= 4 is 47.6 Å². The number of ether oxygens (including phenoxy) is 6. The van der Waals surface area contributed by atoms with Crippen molar-refractivity contribution in [1.29, 1.82) is 0 Å². The van der Waals surface area contributed by atoms with E-state index >= 15 is 0 Å². The molecule has 0 bridgehead atoms. The molecule has 2 heterocycles. The molecule has 4 fully saturated rings. The van der Waals surface area contributed by atoms with E-state index in [-0.39, 0.29) is 59.9 Å². The van der Waals surface area contributed by atoms with Gasteiger partial charge in [-0.25, -0.2) is 9.59 Å². The van der Waals surface area contributed by atoms with E-state index in [4.69, 9.17) is 23.7 Å². The van der Waals surface area contributed by atoms with E-state index in [1.807, 2.05) is 27.7 Å². The van der Waals surface area contributed by atoms with E-state index in [1.165, 1.54) is 13.8 Å². The van der Waals surface area contributed by atoms with Crippen LogP contribution in [-0.2, 0) is 66.8 Å². The number of carbonyl (C=O) groups is 8. The third-order valence-electron chi connectivity index (χ3n) is 15.9. The number of aliphatic hydroxyl groups is 5. The second-order valence-corrected chi connectivity index (χ2v) is 20.8. The Morgan fingerprint density at radius 3 is 1.54 bits per heavy atom. The molecule has 2 aliphatic heterocycles. The number of hydrogen-bond donors (Lipinski definition) is 5. The fourth-order valence-electron chi connectivity index (χ4n) is 10.4. The number of rotatable bonds is 9. The van der Waals surface area contributed by atoms with Gasteiger partial charge in [-0.3, -0.25) is 28.8 Å². The number of esters is 7. The molecule has 0 unspecified atom stereocenters. The molecule has 2 saturated heterocycles. The summed E-state index contributed by atoms with van der Waals surface area (Å²) in [6.07, 6.45) is -3.40. The van der Waals surface area contributed by atoms with Crippen molar-refractivity contribution in [3.63, 3.8) is 0 Å². The lowest BCUT2D eigenvalue weighted by atomic mass is 9.75. The van der Waals surface area contributed by atoms with Crippen LogP contribution >= 0.6 is 0 Å². The molecular formula is C50H74O19. The van der Waals surface area contributed by atoms with Crippen LogP contribution in [0.1, 0.15) is 149 Å². The number of carbonyl (C=O) groups excluding carboxylic acids is 8. The molecule has 6 rings (SSSR count). The minimum Gasteiger partial charge on any atom is -0.459 e. The van der Waals surface area contributed by atoms with Gasteiger partial charge in [-0.05, 0) is 89.9 Å². The van der Waals surface area contributed by atoms with E-state index in [9.17, 15) is 63.9 Å². The van der Waals surface area contributed by atoms with Crippen LogP contribution < -0.4 is 0 Å². The number of ketones is 1. The number of aliphatic hydroxyl groups excluding tert-OH is 1. The van der Waals surface area contributed by atoms with Crippen LogP contribution in [0.5, 0.6) is 0 Å². The van der Waals surface area contributed by atoms with Gasteiger partial charge in [0.1, 0.15) is 17.3 Å². The SMILES string of the molecule is CC(=O)O[C@@]1(C)C[C@H](O)[C@@]2(O)[C@@H](OC(=O)[C@@]2(C)O)C2=C(C)[C@H](C)C[C@@H]21.CC[C@H](C)C(=O)OC(=O)[C@@H](C)CC.CC[C@H](C)C(=O)O[C@H]1C[C@](C)(OC(C)=O)[C@H]2CC(=O)C(C)=C2[C@@H]2OC(=O)[C@@](C)(O)[C@@]12O. The first kappa shape index (κ1) is 57.0. The van der Waals surface area contributed by atoms with Gasteiger partial charge in [0, 0.05) is 44.9 Å². The Hall–Kier alpha value is -4.56. The van der Waals surface area contributed by atoms with Crippen molar-refractivity contribution in [2.45, 2.75) is 207 Å². The van der Waals surface area contributed by atoms with Gasteiger partial charge in [-0.15, -0.1) is 0 Å². The third-order valence-corrected chi connectivity index (χ3v) is 15.9. The van der Waals surface area contributed by atoms with Gasteiger partial charge >= 0.3 is 41.8 Å². The Balaban J connectivity index is 0.000000244. The largest absolute Gasteiger partial charge is 0.459 e. The van der Waals surface area contributed by atoms with Crippen LogP contribution in [-0.4, -0.2) is 131 Å². The highest BCUT2D eigenvalue weighted by Crippen LogP contribution is 2.58. The molecule has 5 N–H and O–H groups in total.